The predicted octanol–water partition coefficient (Wildman–Crippen LogP) is 6.15. The van der Waals surface area contributed by atoms with Gasteiger partial charge in [-0.15, -0.1) is 11.8 Å². The third kappa shape index (κ3) is 4.93. The van der Waals surface area contributed by atoms with Crippen molar-refractivity contribution in [3.8, 4) is 11.8 Å². The van der Waals surface area contributed by atoms with Crippen LogP contribution in [0.4, 0.5) is 4.79 Å². The predicted molar refractivity (Wildman–Crippen MR) is 147 cm³/mol. The van der Waals surface area contributed by atoms with Crippen LogP contribution in [0.5, 0.6) is 0 Å². The molecule has 6 rings (SSSR count). The van der Waals surface area contributed by atoms with Crippen molar-refractivity contribution in [2.75, 3.05) is 13.2 Å². The topological polar surface area (TPSA) is 67.4 Å². The first kappa shape index (κ1) is 23.6. The number of alkyl carbamates (subject to hydrolysis) is 1. The summed E-state index contributed by atoms with van der Waals surface area (Å²) in [7, 11) is 0. The molecule has 0 saturated heterocycles. The third-order valence-corrected chi connectivity index (χ3v) is 8.19. The Hall–Kier alpha value is -3.78. The number of rotatable bonds is 8. The molecule has 2 amide bonds. The van der Waals surface area contributed by atoms with Crippen LogP contribution in [-0.2, 0) is 16.1 Å². The van der Waals surface area contributed by atoms with Gasteiger partial charge >= 0.3 is 6.09 Å². The van der Waals surface area contributed by atoms with Crippen LogP contribution in [0.3, 0.4) is 0 Å². The van der Waals surface area contributed by atoms with Crippen molar-refractivity contribution < 1.29 is 14.3 Å². The zero-order valence-corrected chi connectivity index (χ0v) is 21.0. The Morgan fingerprint density at radius 2 is 1.51 bits per heavy atom. The number of amides is 2. The molecule has 4 aromatic rings. The SMILES string of the molecule is O=C(CCCNC(=O)OCC1[C@H]2CCC#CCC[C@@H]12)NCc1ccc2ccc3cccc4ccc1c2c34. The van der Waals surface area contributed by atoms with E-state index in [4.69, 9.17) is 4.74 Å². The zero-order valence-electron chi connectivity index (χ0n) is 21.0. The van der Waals surface area contributed by atoms with Gasteiger partial charge in [0, 0.05) is 32.4 Å². The molecule has 5 nitrogen and oxygen atoms in total. The minimum atomic E-state index is -0.385. The van der Waals surface area contributed by atoms with Crippen LogP contribution in [-0.4, -0.2) is 25.2 Å². The largest absolute Gasteiger partial charge is 0.449 e. The number of benzene rings is 4. The van der Waals surface area contributed by atoms with Gasteiger partial charge in [0.2, 0.25) is 5.91 Å². The van der Waals surface area contributed by atoms with Crippen LogP contribution in [0.2, 0.25) is 0 Å². The molecule has 4 aromatic carbocycles. The normalized spacial score (nSPS) is 20.5. The Balaban J connectivity index is 0.953. The average Bonchev–Trinajstić information content (AvgIpc) is 3.56. The fraction of sp³-hybridized carbons (Fsp3) is 0.375. The fourth-order valence-corrected chi connectivity index (χ4v) is 6.18. The van der Waals surface area contributed by atoms with Crippen LogP contribution in [0.1, 0.15) is 44.1 Å². The van der Waals surface area contributed by atoms with Gasteiger partial charge in [0.1, 0.15) is 0 Å². The lowest BCUT2D eigenvalue weighted by Crippen LogP contribution is -2.28. The van der Waals surface area contributed by atoms with Crippen molar-refractivity contribution in [1.82, 2.24) is 10.6 Å². The van der Waals surface area contributed by atoms with Gasteiger partial charge in [0.15, 0.2) is 0 Å². The summed E-state index contributed by atoms with van der Waals surface area (Å²) in [6.07, 6.45) is 4.72. The minimum Gasteiger partial charge on any atom is -0.449 e. The highest BCUT2D eigenvalue weighted by Crippen LogP contribution is 2.52. The van der Waals surface area contributed by atoms with E-state index in [0.29, 0.717) is 50.3 Å². The highest BCUT2D eigenvalue weighted by atomic mass is 16.5. The van der Waals surface area contributed by atoms with Crippen LogP contribution < -0.4 is 10.6 Å². The van der Waals surface area contributed by atoms with Crippen molar-refractivity contribution >= 4 is 44.3 Å². The Kier molecular flexibility index (Phi) is 6.57. The first-order valence-electron chi connectivity index (χ1n) is 13.5. The van der Waals surface area contributed by atoms with Crippen LogP contribution in [0.15, 0.2) is 54.6 Å². The van der Waals surface area contributed by atoms with E-state index in [0.717, 1.165) is 31.2 Å². The smallest absolute Gasteiger partial charge is 0.407 e. The van der Waals surface area contributed by atoms with Crippen molar-refractivity contribution in [3.63, 3.8) is 0 Å². The van der Waals surface area contributed by atoms with Gasteiger partial charge in [-0.3, -0.25) is 4.79 Å². The summed E-state index contributed by atoms with van der Waals surface area (Å²) in [6, 6.07) is 19.3. The number of carbonyl (C=O) groups is 2. The molecule has 5 heteroatoms. The lowest BCUT2D eigenvalue weighted by atomic mass is 9.92. The summed E-state index contributed by atoms with van der Waals surface area (Å²) in [5.41, 5.74) is 1.11. The second kappa shape index (κ2) is 10.3. The van der Waals surface area contributed by atoms with E-state index in [1.54, 1.807) is 0 Å². The summed E-state index contributed by atoms with van der Waals surface area (Å²) in [5.74, 6) is 8.21. The lowest BCUT2D eigenvalue weighted by Gasteiger charge is -2.14. The average molecular weight is 493 g/mol. The molecule has 1 fully saturated rings. The van der Waals surface area contributed by atoms with Crippen molar-refractivity contribution in [2.45, 2.75) is 45.1 Å². The molecule has 2 aliphatic rings. The Morgan fingerprint density at radius 1 is 0.838 bits per heavy atom. The standard InChI is InChI=1S/C32H32N2O3/c35-29(11-6-18-33-32(36)37-20-28-26-9-3-1-2-4-10-27(26)28)34-19-24-15-14-23-13-12-21-7-5-8-22-16-17-25(24)31(23)30(21)22/h5,7-8,12-17,26-28H,3-4,6,9-11,18-20H2,(H,33,36)(H,34,35)/t26-,27+,28?. The maximum Gasteiger partial charge on any atom is 0.407 e. The number of ether oxygens (including phenoxy) is 1. The molecular weight excluding hydrogens is 460 g/mol. The summed E-state index contributed by atoms with van der Waals surface area (Å²) in [4.78, 5) is 24.6. The summed E-state index contributed by atoms with van der Waals surface area (Å²) < 4.78 is 5.45. The molecule has 2 N–H and O–H groups in total. The van der Waals surface area contributed by atoms with E-state index in [-0.39, 0.29) is 12.0 Å². The molecular formula is C32H32N2O3. The summed E-state index contributed by atoms with van der Waals surface area (Å²) >= 11 is 0. The summed E-state index contributed by atoms with van der Waals surface area (Å²) in [6.45, 7) is 1.40. The Bertz CT molecular complexity index is 1480. The van der Waals surface area contributed by atoms with E-state index in [9.17, 15) is 9.59 Å². The molecule has 0 heterocycles. The van der Waals surface area contributed by atoms with Gasteiger partial charge in [-0.05, 0) is 74.9 Å². The van der Waals surface area contributed by atoms with Gasteiger partial charge in [-0.25, -0.2) is 4.79 Å². The molecule has 37 heavy (non-hydrogen) atoms. The maximum atomic E-state index is 12.5. The van der Waals surface area contributed by atoms with E-state index in [1.165, 1.54) is 32.3 Å². The molecule has 0 bridgehead atoms. The minimum absolute atomic E-state index is 0.0164. The van der Waals surface area contributed by atoms with Crippen LogP contribution in [0.25, 0.3) is 32.3 Å². The van der Waals surface area contributed by atoms with E-state index < -0.39 is 0 Å². The lowest BCUT2D eigenvalue weighted by molar-refractivity contribution is -0.121. The van der Waals surface area contributed by atoms with Crippen molar-refractivity contribution in [3.05, 3.63) is 60.2 Å². The van der Waals surface area contributed by atoms with Gasteiger partial charge in [-0.1, -0.05) is 54.6 Å². The number of carbonyl (C=O) groups excluding carboxylic acids is 2. The molecule has 188 valence electrons. The molecule has 1 saturated carbocycles. The molecule has 0 spiro atoms. The number of nitrogens with one attached hydrogen (secondary N) is 2. The van der Waals surface area contributed by atoms with Gasteiger partial charge in [0.05, 0.1) is 6.61 Å². The molecule has 2 aliphatic carbocycles. The summed E-state index contributed by atoms with van der Waals surface area (Å²) in [5, 5.41) is 13.3. The second-order valence-corrected chi connectivity index (χ2v) is 10.4. The van der Waals surface area contributed by atoms with Crippen LogP contribution >= 0.6 is 0 Å². The first-order chi connectivity index (χ1) is 18.2. The molecule has 1 unspecified atom stereocenters. The monoisotopic (exact) mass is 492 g/mol. The Morgan fingerprint density at radius 3 is 2.27 bits per heavy atom. The molecule has 3 atom stereocenters. The van der Waals surface area contributed by atoms with Crippen LogP contribution in [0, 0.1) is 29.6 Å². The van der Waals surface area contributed by atoms with Gasteiger partial charge in [0.25, 0.3) is 0 Å². The zero-order chi connectivity index (χ0) is 25.2. The second-order valence-electron chi connectivity index (χ2n) is 10.4. The molecule has 0 aliphatic heterocycles. The number of hydrogen-bond donors (Lipinski definition) is 2. The van der Waals surface area contributed by atoms with Gasteiger partial charge < -0.3 is 15.4 Å². The van der Waals surface area contributed by atoms with Gasteiger partial charge in [-0.2, -0.15) is 0 Å². The van der Waals surface area contributed by atoms with E-state index in [1.807, 2.05) is 0 Å². The fourth-order valence-electron chi connectivity index (χ4n) is 6.18. The quantitative estimate of drug-likeness (QED) is 0.176. The highest BCUT2D eigenvalue weighted by molar-refractivity contribution is 6.23. The van der Waals surface area contributed by atoms with Crippen molar-refractivity contribution in [2.24, 2.45) is 17.8 Å². The Labute approximate surface area is 217 Å². The number of fused-ring (bicyclic) bond motifs is 1. The first-order valence-corrected chi connectivity index (χ1v) is 13.5. The molecule has 0 aromatic heterocycles. The third-order valence-electron chi connectivity index (χ3n) is 8.19. The number of hydrogen-bond acceptors (Lipinski definition) is 3. The highest BCUT2D eigenvalue weighted by Gasteiger charge is 2.49. The maximum absolute atomic E-state index is 12.5. The van der Waals surface area contributed by atoms with E-state index in [2.05, 4.69) is 77.1 Å². The molecule has 0 radical (unpaired) electrons. The van der Waals surface area contributed by atoms with Crippen molar-refractivity contribution in [1.29, 1.82) is 0 Å². The van der Waals surface area contributed by atoms with E-state index >= 15 is 0 Å².